The molecule has 1 aromatic heterocycles. The Bertz CT molecular complexity index is 852. The third-order valence-corrected chi connectivity index (χ3v) is 4.22. The van der Waals surface area contributed by atoms with E-state index < -0.39 is 0 Å². The van der Waals surface area contributed by atoms with Gasteiger partial charge in [-0.2, -0.15) is 0 Å². The minimum Gasteiger partial charge on any atom is -0.370 e. The molecule has 0 aliphatic heterocycles. The number of benzene rings is 2. The van der Waals surface area contributed by atoms with Gasteiger partial charge in [0.05, 0.1) is 0 Å². The van der Waals surface area contributed by atoms with Crippen LogP contribution in [0.2, 0.25) is 0 Å². The Kier molecular flexibility index (Phi) is 6.04. The number of anilines is 1. The molecule has 5 heteroatoms. The van der Waals surface area contributed by atoms with Gasteiger partial charge in [-0.15, -0.1) is 0 Å². The van der Waals surface area contributed by atoms with Crippen LogP contribution in [-0.2, 0) is 19.4 Å². The van der Waals surface area contributed by atoms with Crippen molar-refractivity contribution in [3.05, 3.63) is 83.9 Å². The van der Waals surface area contributed by atoms with Crippen LogP contribution in [0.25, 0.3) is 0 Å². The summed E-state index contributed by atoms with van der Waals surface area (Å²) in [4.78, 5) is 8.88. The van der Waals surface area contributed by atoms with E-state index in [9.17, 15) is 0 Å². The normalized spacial score (nSPS) is 11.5. The van der Waals surface area contributed by atoms with E-state index in [4.69, 9.17) is 5.73 Å². The first-order valence-corrected chi connectivity index (χ1v) is 8.94. The number of rotatable bonds is 7. The lowest BCUT2D eigenvalue weighted by molar-refractivity contribution is 0.716. The molecule has 5 nitrogen and oxygen atoms in total. The van der Waals surface area contributed by atoms with E-state index in [0.29, 0.717) is 12.5 Å². The fourth-order valence-electron chi connectivity index (χ4n) is 2.83. The maximum Gasteiger partial charge on any atom is 0.193 e. The molecule has 1 heterocycles. The molecule has 0 spiro atoms. The van der Waals surface area contributed by atoms with Gasteiger partial charge >= 0.3 is 0 Å². The summed E-state index contributed by atoms with van der Waals surface area (Å²) in [6, 6.07) is 18.6. The highest BCUT2D eigenvalue weighted by molar-refractivity contribution is 5.92. The Balaban J connectivity index is 1.56. The van der Waals surface area contributed by atoms with Crippen LogP contribution in [0.3, 0.4) is 0 Å². The van der Waals surface area contributed by atoms with E-state index in [1.54, 1.807) is 0 Å². The number of nitrogens with one attached hydrogen (secondary N) is 1. The van der Waals surface area contributed by atoms with Gasteiger partial charge in [0.15, 0.2) is 5.96 Å². The van der Waals surface area contributed by atoms with Gasteiger partial charge in [-0.05, 0) is 29.7 Å². The molecule has 0 amide bonds. The maximum atomic E-state index is 6.01. The van der Waals surface area contributed by atoms with E-state index in [0.717, 1.165) is 30.9 Å². The lowest BCUT2D eigenvalue weighted by Gasteiger charge is -2.08. The van der Waals surface area contributed by atoms with Crippen molar-refractivity contribution in [2.24, 2.45) is 10.7 Å². The van der Waals surface area contributed by atoms with Gasteiger partial charge in [-0.3, -0.25) is 4.99 Å². The molecule has 3 aromatic rings. The largest absolute Gasteiger partial charge is 0.370 e. The van der Waals surface area contributed by atoms with Crippen molar-refractivity contribution < 1.29 is 0 Å². The maximum absolute atomic E-state index is 6.01. The summed E-state index contributed by atoms with van der Waals surface area (Å²) >= 11 is 0. The number of nitrogens with zero attached hydrogens (tertiary/aromatic N) is 3. The van der Waals surface area contributed by atoms with E-state index in [1.165, 1.54) is 11.1 Å². The van der Waals surface area contributed by atoms with Crippen molar-refractivity contribution in [3.8, 4) is 0 Å². The number of hydrogen-bond donors (Lipinski definition) is 2. The number of aliphatic imine (C=N–C) groups is 1. The molecule has 3 rings (SSSR count). The highest BCUT2D eigenvalue weighted by Crippen LogP contribution is 2.11. The minimum atomic E-state index is 0.430. The van der Waals surface area contributed by atoms with Crippen molar-refractivity contribution in [2.75, 3.05) is 11.9 Å². The van der Waals surface area contributed by atoms with Crippen LogP contribution in [0.5, 0.6) is 0 Å². The number of aromatic nitrogens is 2. The molecule has 26 heavy (non-hydrogen) atoms. The summed E-state index contributed by atoms with van der Waals surface area (Å²) in [6.45, 7) is 3.55. The molecule has 0 fully saturated rings. The SMILES string of the molecule is CCc1cccc(NC(N)=NCCc2nccn2Cc2ccccc2)c1. The highest BCUT2D eigenvalue weighted by atomic mass is 15.1. The second-order valence-electron chi connectivity index (χ2n) is 6.15. The third kappa shape index (κ3) is 4.96. The number of hydrogen-bond acceptors (Lipinski definition) is 2. The number of nitrogens with two attached hydrogens (primary N) is 1. The number of aryl methyl sites for hydroxylation is 1. The lowest BCUT2D eigenvalue weighted by Crippen LogP contribution is -2.23. The third-order valence-electron chi connectivity index (χ3n) is 4.22. The van der Waals surface area contributed by atoms with E-state index >= 15 is 0 Å². The predicted molar refractivity (Wildman–Crippen MR) is 107 cm³/mol. The van der Waals surface area contributed by atoms with Gasteiger partial charge in [0.25, 0.3) is 0 Å². The first kappa shape index (κ1) is 17.7. The van der Waals surface area contributed by atoms with Crippen LogP contribution < -0.4 is 11.1 Å². The van der Waals surface area contributed by atoms with Gasteiger partial charge < -0.3 is 15.6 Å². The molecule has 0 unspecified atom stereocenters. The molecule has 0 aliphatic carbocycles. The van der Waals surface area contributed by atoms with Crippen LogP contribution in [0.15, 0.2) is 72.0 Å². The summed E-state index contributed by atoms with van der Waals surface area (Å²) in [5.41, 5.74) is 9.50. The molecule has 0 saturated heterocycles. The quantitative estimate of drug-likeness (QED) is 0.508. The van der Waals surface area contributed by atoms with Crippen molar-refractivity contribution in [1.29, 1.82) is 0 Å². The predicted octanol–water partition coefficient (Wildman–Crippen LogP) is 3.46. The Hall–Kier alpha value is -3.08. The molecular formula is C21H25N5. The van der Waals surface area contributed by atoms with Crippen molar-refractivity contribution >= 4 is 11.6 Å². The van der Waals surface area contributed by atoms with Crippen LogP contribution in [-0.4, -0.2) is 22.1 Å². The highest BCUT2D eigenvalue weighted by Gasteiger charge is 2.03. The molecule has 2 aromatic carbocycles. The average Bonchev–Trinajstić information content (AvgIpc) is 3.09. The van der Waals surface area contributed by atoms with Gasteiger partial charge in [-0.25, -0.2) is 4.98 Å². The molecule has 0 saturated carbocycles. The summed E-state index contributed by atoms with van der Waals surface area (Å²) in [6.07, 6.45) is 5.58. The van der Waals surface area contributed by atoms with Gasteiger partial charge in [0.1, 0.15) is 5.82 Å². The lowest BCUT2D eigenvalue weighted by atomic mass is 10.1. The van der Waals surface area contributed by atoms with Crippen LogP contribution >= 0.6 is 0 Å². The summed E-state index contributed by atoms with van der Waals surface area (Å²) in [5, 5.41) is 3.15. The second kappa shape index (κ2) is 8.85. The van der Waals surface area contributed by atoms with E-state index in [2.05, 4.69) is 63.2 Å². The zero-order chi connectivity index (χ0) is 18.2. The first-order chi connectivity index (χ1) is 12.7. The van der Waals surface area contributed by atoms with Crippen LogP contribution in [0.4, 0.5) is 5.69 Å². The van der Waals surface area contributed by atoms with Crippen molar-refractivity contribution in [1.82, 2.24) is 9.55 Å². The smallest absolute Gasteiger partial charge is 0.193 e. The van der Waals surface area contributed by atoms with Crippen molar-refractivity contribution in [2.45, 2.75) is 26.3 Å². The standard InChI is InChI=1S/C21H25N5/c1-2-17-9-6-10-19(15-17)25-21(22)24-12-11-20-23-13-14-26(20)16-18-7-4-3-5-8-18/h3-10,13-15H,2,11-12,16H2,1H3,(H3,22,24,25). The fraction of sp³-hybridized carbons (Fsp3) is 0.238. The van der Waals surface area contributed by atoms with E-state index in [-0.39, 0.29) is 0 Å². The molecule has 0 aliphatic rings. The molecule has 0 atom stereocenters. The molecule has 0 bridgehead atoms. The zero-order valence-corrected chi connectivity index (χ0v) is 15.1. The molecule has 3 N–H and O–H groups in total. The zero-order valence-electron chi connectivity index (χ0n) is 15.1. The molecular weight excluding hydrogens is 322 g/mol. The van der Waals surface area contributed by atoms with Crippen LogP contribution in [0.1, 0.15) is 23.9 Å². The van der Waals surface area contributed by atoms with Gasteiger partial charge in [-0.1, -0.05) is 49.4 Å². The topological polar surface area (TPSA) is 68.2 Å². The number of guanidine groups is 1. The second-order valence-corrected chi connectivity index (χ2v) is 6.15. The average molecular weight is 347 g/mol. The molecule has 0 radical (unpaired) electrons. The first-order valence-electron chi connectivity index (χ1n) is 8.94. The van der Waals surface area contributed by atoms with E-state index in [1.807, 2.05) is 30.6 Å². The number of imidazole rings is 1. The minimum absolute atomic E-state index is 0.430. The summed E-state index contributed by atoms with van der Waals surface area (Å²) in [5.74, 6) is 1.44. The van der Waals surface area contributed by atoms with Crippen molar-refractivity contribution in [3.63, 3.8) is 0 Å². The van der Waals surface area contributed by atoms with Gasteiger partial charge in [0.2, 0.25) is 0 Å². The monoisotopic (exact) mass is 347 g/mol. The Morgan fingerprint density at radius 3 is 2.73 bits per heavy atom. The molecule has 134 valence electrons. The Morgan fingerprint density at radius 2 is 1.92 bits per heavy atom. The summed E-state index contributed by atoms with van der Waals surface area (Å²) < 4.78 is 2.15. The fourth-order valence-corrected chi connectivity index (χ4v) is 2.83. The van der Waals surface area contributed by atoms with Crippen LogP contribution in [0, 0.1) is 0 Å². The summed E-state index contributed by atoms with van der Waals surface area (Å²) in [7, 11) is 0. The Labute approximate surface area is 154 Å². The Morgan fingerprint density at radius 1 is 1.12 bits per heavy atom. The van der Waals surface area contributed by atoms with Gasteiger partial charge in [0, 0.05) is 37.6 Å².